The van der Waals surface area contributed by atoms with E-state index >= 15 is 0 Å². The second-order valence-corrected chi connectivity index (χ2v) is 12.1. The van der Waals surface area contributed by atoms with E-state index in [-0.39, 0.29) is 25.6 Å². The van der Waals surface area contributed by atoms with Crippen LogP contribution in [0.1, 0.15) is 41.3 Å². The largest absolute Gasteiger partial charge is 0.488 e. The molecule has 2 aliphatic rings. The molecule has 6 rings (SSSR count). The minimum absolute atomic E-state index is 0.0258. The molecule has 11 nitrogen and oxygen atoms in total. The van der Waals surface area contributed by atoms with Crippen LogP contribution in [0.3, 0.4) is 0 Å². The Kier molecular flexibility index (Phi) is 7.59. The van der Waals surface area contributed by atoms with E-state index < -0.39 is 11.2 Å². The van der Waals surface area contributed by atoms with Gasteiger partial charge in [-0.2, -0.15) is 10.4 Å². The number of ether oxygens (including phenoxy) is 1. The van der Waals surface area contributed by atoms with Crippen LogP contribution in [0.4, 0.5) is 10.2 Å². The number of carbonyl (C=O) groups is 2. The van der Waals surface area contributed by atoms with Crippen molar-refractivity contribution in [2.75, 3.05) is 37.7 Å². The van der Waals surface area contributed by atoms with Crippen molar-refractivity contribution in [1.29, 1.82) is 5.26 Å². The highest BCUT2D eigenvalue weighted by molar-refractivity contribution is 6.34. The Labute approximate surface area is 258 Å². The third kappa shape index (κ3) is 5.63. The fourth-order valence-electron chi connectivity index (χ4n) is 5.75. The smallest absolute Gasteiger partial charge is 0.253 e. The summed E-state index contributed by atoms with van der Waals surface area (Å²) in [6, 6.07) is 9.26. The molecule has 1 aromatic carbocycles. The summed E-state index contributed by atoms with van der Waals surface area (Å²) >= 11 is 6.31. The van der Waals surface area contributed by atoms with E-state index in [1.165, 1.54) is 15.6 Å². The zero-order valence-electron chi connectivity index (χ0n) is 24.3. The minimum atomic E-state index is -1.62. The maximum atomic E-state index is 14.8. The SMILES string of the molecule is Cc1cccc(Cl)c1C(=O)NC1(C)CCN(c2cnc(-c3cc(OCC4(F)CN(C=O)C4)cn4ncc(C#N)c34)cn2)CC1. The van der Waals surface area contributed by atoms with Crippen molar-refractivity contribution >= 4 is 35.3 Å². The first-order valence-electron chi connectivity index (χ1n) is 14.2. The van der Waals surface area contributed by atoms with E-state index in [2.05, 4.69) is 31.4 Å². The molecule has 0 aliphatic carbocycles. The predicted octanol–water partition coefficient (Wildman–Crippen LogP) is 3.97. The number of fused-ring (bicyclic) bond motifs is 1. The van der Waals surface area contributed by atoms with Gasteiger partial charge in [-0.3, -0.25) is 14.6 Å². The number of nitriles is 1. The first-order chi connectivity index (χ1) is 21.1. The number of likely N-dealkylation sites (tertiary alicyclic amines) is 1. The number of hydrogen-bond acceptors (Lipinski definition) is 8. The number of alkyl halides is 1. The number of piperidine rings is 1. The van der Waals surface area contributed by atoms with Crippen LogP contribution in [0.5, 0.6) is 5.75 Å². The molecule has 0 saturated carbocycles. The molecule has 13 heteroatoms. The molecule has 44 heavy (non-hydrogen) atoms. The summed E-state index contributed by atoms with van der Waals surface area (Å²) in [7, 11) is 0. The lowest BCUT2D eigenvalue weighted by Crippen LogP contribution is -2.61. The highest BCUT2D eigenvalue weighted by Gasteiger charge is 2.44. The van der Waals surface area contributed by atoms with Crippen LogP contribution in [-0.4, -0.2) is 80.8 Å². The van der Waals surface area contributed by atoms with Crippen LogP contribution < -0.4 is 15.0 Å². The van der Waals surface area contributed by atoms with Gasteiger partial charge in [0.2, 0.25) is 6.41 Å². The number of rotatable bonds is 8. The molecule has 0 unspecified atom stereocenters. The molecular formula is C31H30ClFN8O3. The van der Waals surface area contributed by atoms with E-state index in [0.29, 0.717) is 76.8 Å². The quantitative estimate of drug-likeness (QED) is 0.295. The van der Waals surface area contributed by atoms with Gasteiger partial charge in [-0.05, 0) is 44.4 Å². The van der Waals surface area contributed by atoms with Gasteiger partial charge in [-0.15, -0.1) is 0 Å². The Morgan fingerprint density at radius 2 is 2.00 bits per heavy atom. The Morgan fingerprint density at radius 1 is 1.23 bits per heavy atom. The molecule has 5 heterocycles. The maximum absolute atomic E-state index is 14.8. The van der Waals surface area contributed by atoms with Gasteiger partial charge >= 0.3 is 0 Å². The van der Waals surface area contributed by atoms with Crippen LogP contribution in [-0.2, 0) is 4.79 Å². The number of aryl methyl sites for hydroxylation is 1. The van der Waals surface area contributed by atoms with E-state index in [0.717, 1.165) is 5.56 Å². The molecule has 3 aromatic heterocycles. The molecule has 1 N–H and O–H groups in total. The second-order valence-electron chi connectivity index (χ2n) is 11.7. The van der Waals surface area contributed by atoms with Crippen molar-refractivity contribution in [2.45, 2.75) is 37.9 Å². The summed E-state index contributed by atoms with van der Waals surface area (Å²) in [5, 5.41) is 17.6. The summed E-state index contributed by atoms with van der Waals surface area (Å²) in [6.07, 6.45) is 8.35. The molecule has 0 atom stereocenters. The highest BCUT2D eigenvalue weighted by Crippen LogP contribution is 2.32. The summed E-state index contributed by atoms with van der Waals surface area (Å²) in [5.41, 5.74) is 1.24. The summed E-state index contributed by atoms with van der Waals surface area (Å²) in [4.78, 5) is 36.7. The number of halogens is 2. The third-order valence-electron chi connectivity index (χ3n) is 8.30. The molecule has 4 aromatic rings. The van der Waals surface area contributed by atoms with Crippen molar-refractivity contribution in [3.63, 3.8) is 0 Å². The van der Waals surface area contributed by atoms with Gasteiger partial charge < -0.3 is 19.9 Å². The van der Waals surface area contributed by atoms with Crippen LogP contribution in [0.2, 0.25) is 5.02 Å². The molecule has 2 fully saturated rings. The Hall–Kier alpha value is -4.76. The lowest BCUT2D eigenvalue weighted by Gasteiger charge is -2.41. The van der Waals surface area contributed by atoms with Gasteiger partial charge in [0, 0.05) is 24.2 Å². The number of carbonyl (C=O) groups excluding carboxylic acids is 2. The molecule has 2 amide bonds. The molecule has 2 aliphatic heterocycles. The van der Waals surface area contributed by atoms with Gasteiger partial charge in [0.15, 0.2) is 5.67 Å². The van der Waals surface area contributed by atoms with Gasteiger partial charge in [-0.25, -0.2) is 13.9 Å². The average molecular weight is 617 g/mol. The number of pyridine rings is 1. The summed E-state index contributed by atoms with van der Waals surface area (Å²) in [6.45, 7) is 4.95. The topological polar surface area (TPSA) is 129 Å². The number of nitrogens with zero attached hydrogens (tertiary/aromatic N) is 7. The predicted molar refractivity (Wildman–Crippen MR) is 161 cm³/mol. The van der Waals surface area contributed by atoms with Crippen LogP contribution in [0.15, 0.2) is 49.1 Å². The molecule has 0 spiro atoms. The number of nitrogens with one attached hydrogen (secondary N) is 1. The fourth-order valence-corrected chi connectivity index (χ4v) is 6.05. The van der Waals surface area contributed by atoms with Crippen molar-refractivity contribution < 1.29 is 18.7 Å². The van der Waals surface area contributed by atoms with E-state index in [1.807, 2.05) is 26.0 Å². The third-order valence-corrected chi connectivity index (χ3v) is 8.61. The van der Waals surface area contributed by atoms with E-state index in [9.17, 15) is 19.2 Å². The summed E-state index contributed by atoms with van der Waals surface area (Å²) < 4.78 is 22.1. The zero-order valence-corrected chi connectivity index (χ0v) is 25.0. The van der Waals surface area contributed by atoms with Gasteiger partial charge in [-0.1, -0.05) is 23.7 Å². The monoisotopic (exact) mass is 616 g/mol. The Bertz CT molecular complexity index is 1750. The van der Waals surface area contributed by atoms with Gasteiger partial charge in [0.25, 0.3) is 5.91 Å². The maximum Gasteiger partial charge on any atom is 0.253 e. The lowest BCUT2D eigenvalue weighted by molar-refractivity contribution is -0.134. The number of hydrogen-bond donors (Lipinski definition) is 1. The molecule has 226 valence electrons. The molecular weight excluding hydrogens is 587 g/mol. The standard InChI is InChI=1S/C31H30ClFN8O3/c1-20-4-3-5-24(32)27(20)29(43)38-30(2)6-8-40(9-7-30)26-14-35-25(13-36-26)23-10-22(15-41-28(23)21(11-34)12-37-41)44-18-31(33)16-39(17-31)19-42/h3-5,10,12-15,19H,6-9,16-18H2,1-2H3,(H,38,43). The van der Waals surface area contributed by atoms with Crippen LogP contribution in [0.25, 0.3) is 16.8 Å². The van der Waals surface area contributed by atoms with Crippen LogP contribution >= 0.6 is 11.6 Å². The second kappa shape index (κ2) is 11.4. The number of benzene rings is 1. The van der Waals surface area contributed by atoms with E-state index in [4.69, 9.17) is 16.3 Å². The van der Waals surface area contributed by atoms with Gasteiger partial charge in [0.1, 0.15) is 24.2 Å². The number of anilines is 1. The molecule has 2 saturated heterocycles. The van der Waals surface area contributed by atoms with Crippen molar-refractivity contribution in [2.24, 2.45) is 0 Å². The molecule has 0 bridgehead atoms. The van der Waals surface area contributed by atoms with E-state index in [1.54, 1.807) is 30.7 Å². The first-order valence-corrected chi connectivity index (χ1v) is 14.6. The van der Waals surface area contributed by atoms with Crippen molar-refractivity contribution in [3.05, 3.63) is 70.8 Å². The van der Waals surface area contributed by atoms with Gasteiger partial charge in [0.05, 0.1) is 65.2 Å². The normalized spacial score (nSPS) is 17.1. The highest BCUT2D eigenvalue weighted by atomic mass is 35.5. The first kappa shape index (κ1) is 29.3. The lowest BCUT2D eigenvalue weighted by atomic mass is 9.89. The number of aromatic nitrogens is 4. The van der Waals surface area contributed by atoms with Crippen molar-refractivity contribution in [1.82, 2.24) is 29.8 Å². The van der Waals surface area contributed by atoms with Crippen molar-refractivity contribution in [3.8, 4) is 23.1 Å². The number of amides is 2. The minimum Gasteiger partial charge on any atom is -0.488 e. The zero-order chi connectivity index (χ0) is 31.1. The Balaban J connectivity index is 1.16. The fraction of sp³-hybridized carbons (Fsp3) is 0.355. The Morgan fingerprint density at radius 3 is 2.66 bits per heavy atom. The molecule has 0 radical (unpaired) electrons. The summed E-state index contributed by atoms with van der Waals surface area (Å²) in [5.74, 6) is 0.849. The van der Waals surface area contributed by atoms with Crippen LogP contribution in [0, 0.1) is 18.3 Å². The average Bonchev–Trinajstić information content (AvgIpc) is 3.41.